The smallest absolute Gasteiger partial charge is 0.303 e. The van der Waals surface area contributed by atoms with Gasteiger partial charge in [0.05, 0.1) is 22.1 Å². The Hall–Kier alpha value is -3.72. The van der Waals surface area contributed by atoms with Crippen LogP contribution in [0, 0.1) is 10.1 Å². The fraction of sp³-hybridized carbons (Fsp3) is 0.261. The maximum atomic E-state index is 13.0. The maximum absolute atomic E-state index is 13.0. The van der Waals surface area contributed by atoms with Gasteiger partial charge in [-0.15, -0.1) is 0 Å². The highest BCUT2D eigenvalue weighted by Gasteiger charge is 2.47. The van der Waals surface area contributed by atoms with Gasteiger partial charge in [0.2, 0.25) is 0 Å². The first kappa shape index (κ1) is 23.9. The van der Waals surface area contributed by atoms with Crippen LogP contribution in [-0.2, 0) is 14.4 Å². The highest BCUT2D eigenvalue weighted by Crippen LogP contribution is 2.42. The van der Waals surface area contributed by atoms with Gasteiger partial charge >= 0.3 is 5.97 Å². The van der Waals surface area contributed by atoms with Crippen LogP contribution in [0.25, 0.3) is 5.76 Å². The molecule has 172 valence electrons. The molecule has 0 aliphatic carbocycles. The summed E-state index contributed by atoms with van der Waals surface area (Å²) in [5, 5.41) is 31.8. The summed E-state index contributed by atoms with van der Waals surface area (Å²) < 4.78 is 0. The minimum atomic E-state index is -1.17. The number of benzene rings is 2. The van der Waals surface area contributed by atoms with E-state index in [1.54, 1.807) is 6.07 Å². The lowest BCUT2D eigenvalue weighted by molar-refractivity contribution is -0.385. The fourth-order valence-corrected chi connectivity index (χ4v) is 3.94. The van der Waals surface area contributed by atoms with Gasteiger partial charge < -0.3 is 15.1 Å². The second-order valence-electron chi connectivity index (χ2n) is 7.52. The number of halogens is 1. The van der Waals surface area contributed by atoms with Gasteiger partial charge in [-0.25, -0.2) is 0 Å². The number of unbranched alkanes of at least 4 members (excludes halogenated alkanes) is 2. The zero-order valence-corrected chi connectivity index (χ0v) is 18.2. The van der Waals surface area contributed by atoms with Crippen LogP contribution in [-0.4, -0.2) is 44.2 Å². The second-order valence-corrected chi connectivity index (χ2v) is 7.96. The first-order chi connectivity index (χ1) is 15.7. The number of hydrogen-bond donors (Lipinski definition) is 2. The SMILES string of the molecule is O=C(O)CCCCCN1C(=O)C(=O)C(=C(O)c2ccc(Cl)cc2)C1c1ccccc1[N+](=O)[O-]. The molecule has 0 aromatic heterocycles. The van der Waals surface area contributed by atoms with Gasteiger partial charge in [0.15, 0.2) is 0 Å². The van der Waals surface area contributed by atoms with Crippen molar-refractivity contribution in [3.05, 3.63) is 80.4 Å². The molecule has 0 radical (unpaired) electrons. The number of Topliss-reactive ketones (excluding diaryl/α,β-unsaturated/α-hetero) is 1. The topological polar surface area (TPSA) is 138 Å². The fourth-order valence-electron chi connectivity index (χ4n) is 3.82. The number of carbonyl (C=O) groups excluding carboxylic acids is 2. The van der Waals surface area contributed by atoms with E-state index in [0.29, 0.717) is 24.3 Å². The number of carboxylic acid groups (broad SMARTS) is 1. The summed E-state index contributed by atoms with van der Waals surface area (Å²) >= 11 is 5.89. The first-order valence-electron chi connectivity index (χ1n) is 10.2. The van der Waals surface area contributed by atoms with Crippen molar-refractivity contribution in [3.63, 3.8) is 0 Å². The lowest BCUT2D eigenvalue weighted by Gasteiger charge is -2.25. The molecule has 2 N–H and O–H groups in total. The summed E-state index contributed by atoms with van der Waals surface area (Å²) in [5.74, 6) is -3.22. The molecule has 3 rings (SSSR count). The quantitative estimate of drug-likeness (QED) is 0.138. The maximum Gasteiger partial charge on any atom is 0.303 e. The van der Waals surface area contributed by atoms with Gasteiger partial charge in [0.1, 0.15) is 5.76 Å². The lowest BCUT2D eigenvalue weighted by atomic mass is 9.94. The van der Waals surface area contributed by atoms with Crippen LogP contribution in [0.4, 0.5) is 5.69 Å². The Kier molecular flexibility index (Phi) is 7.44. The Balaban J connectivity index is 2.06. The Labute approximate surface area is 194 Å². The molecule has 0 spiro atoms. The molecule has 2 aromatic rings. The molecule has 1 atom stereocenters. The normalized spacial score (nSPS) is 17.4. The van der Waals surface area contributed by atoms with Crippen LogP contribution < -0.4 is 0 Å². The van der Waals surface area contributed by atoms with Crippen molar-refractivity contribution in [2.24, 2.45) is 0 Å². The van der Waals surface area contributed by atoms with Gasteiger partial charge in [-0.1, -0.05) is 30.2 Å². The molecule has 0 saturated carbocycles. The number of aliphatic carboxylic acids is 1. The number of nitro benzene ring substituents is 1. The highest BCUT2D eigenvalue weighted by molar-refractivity contribution is 6.46. The number of amides is 1. The molecule has 1 saturated heterocycles. The summed E-state index contributed by atoms with van der Waals surface area (Å²) in [4.78, 5) is 48.8. The van der Waals surface area contributed by atoms with Crippen LogP contribution in [0.5, 0.6) is 0 Å². The number of carbonyl (C=O) groups is 3. The molecule has 9 nitrogen and oxygen atoms in total. The molecule has 1 unspecified atom stereocenters. The largest absolute Gasteiger partial charge is 0.507 e. The average molecular weight is 473 g/mol. The van der Waals surface area contributed by atoms with Crippen LogP contribution in [0.1, 0.15) is 42.9 Å². The molecule has 1 heterocycles. The summed E-state index contributed by atoms with van der Waals surface area (Å²) in [6.45, 7) is 0.0678. The minimum Gasteiger partial charge on any atom is -0.507 e. The van der Waals surface area contributed by atoms with Crippen LogP contribution >= 0.6 is 11.6 Å². The molecule has 1 amide bonds. The summed E-state index contributed by atoms with van der Waals surface area (Å²) in [6, 6.07) is 10.6. The molecule has 1 fully saturated rings. The van der Waals surface area contributed by atoms with Crippen molar-refractivity contribution in [3.8, 4) is 0 Å². The van der Waals surface area contributed by atoms with Crippen molar-refractivity contribution in [2.75, 3.05) is 6.54 Å². The third-order valence-corrected chi connectivity index (χ3v) is 5.63. The zero-order valence-electron chi connectivity index (χ0n) is 17.4. The van der Waals surface area contributed by atoms with E-state index >= 15 is 0 Å². The number of nitro groups is 1. The van der Waals surface area contributed by atoms with Crippen molar-refractivity contribution in [2.45, 2.75) is 31.7 Å². The molecular weight excluding hydrogens is 452 g/mol. The van der Waals surface area contributed by atoms with Gasteiger partial charge in [0, 0.05) is 29.6 Å². The van der Waals surface area contributed by atoms with E-state index in [2.05, 4.69) is 0 Å². The zero-order chi connectivity index (χ0) is 24.1. The summed E-state index contributed by atoms with van der Waals surface area (Å²) in [7, 11) is 0. The van der Waals surface area contributed by atoms with E-state index in [1.807, 2.05) is 0 Å². The number of nitrogens with zero attached hydrogens (tertiary/aromatic N) is 2. The summed E-state index contributed by atoms with van der Waals surface area (Å²) in [6.07, 6.45) is 1.23. The molecule has 1 aliphatic rings. The summed E-state index contributed by atoms with van der Waals surface area (Å²) in [5.41, 5.74) is -0.199. The third kappa shape index (κ3) is 5.20. The Morgan fingerprint density at radius 2 is 1.70 bits per heavy atom. The Morgan fingerprint density at radius 1 is 1.03 bits per heavy atom. The van der Waals surface area contributed by atoms with Crippen LogP contribution in [0.3, 0.4) is 0 Å². The number of hydrogen-bond acceptors (Lipinski definition) is 6. The van der Waals surface area contributed by atoms with Gasteiger partial charge in [-0.3, -0.25) is 24.5 Å². The van der Waals surface area contributed by atoms with E-state index in [1.165, 1.54) is 47.4 Å². The van der Waals surface area contributed by atoms with E-state index < -0.39 is 34.4 Å². The predicted molar refractivity (Wildman–Crippen MR) is 120 cm³/mol. The number of rotatable bonds is 9. The first-order valence-corrected chi connectivity index (χ1v) is 10.6. The van der Waals surface area contributed by atoms with Crippen LogP contribution in [0.15, 0.2) is 54.1 Å². The molecule has 33 heavy (non-hydrogen) atoms. The van der Waals surface area contributed by atoms with Gasteiger partial charge in [-0.2, -0.15) is 0 Å². The number of likely N-dealkylation sites (tertiary alicyclic amines) is 1. The van der Waals surface area contributed by atoms with Gasteiger partial charge in [0.25, 0.3) is 17.4 Å². The van der Waals surface area contributed by atoms with E-state index in [-0.39, 0.29) is 35.4 Å². The van der Waals surface area contributed by atoms with E-state index in [0.717, 1.165) is 0 Å². The molecule has 1 aliphatic heterocycles. The third-order valence-electron chi connectivity index (χ3n) is 5.38. The van der Waals surface area contributed by atoms with Crippen molar-refractivity contribution < 1.29 is 29.5 Å². The molecule has 10 heteroatoms. The highest BCUT2D eigenvalue weighted by atomic mass is 35.5. The van der Waals surface area contributed by atoms with Crippen molar-refractivity contribution in [1.82, 2.24) is 4.90 Å². The monoisotopic (exact) mass is 472 g/mol. The number of aliphatic hydroxyl groups is 1. The van der Waals surface area contributed by atoms with Crippen LogP contribution in [0.2, 0.25) is 5.02 Å². The number of carboxylic acids is 1. The minimum absolute atomic E-state index is 0.0248. The lowest BCUT2D eigenvalue weighted by Crippen LogP contribution is -2.31. The second kappa shape index (κ2) is 10.3. The van der Waals surface area contributed by atoms with Gasteiger partial charge in [-0.05, 0) is 43.2 Å². The number of aliphatic hydroxyl groups excluding tert-OH is 1. The molecule has 2 aromatic carbocycles. The number of para-hydroxylation sites is 1. The van der Waals surface area contributed by atoms with Crippen molar-refractivity contribution >= 4 is 40.7 Å². The Morgan fingerprint density at radius 3 is 2.33 bits per heavy atom. The van der Waals surface area contributed by atoms with E-state index in [9.17, 15) is 29.6 Å². The van der Waals surface area contributed by atoms with Crippen molar-refractivity contribution in [1.29, 1.82) is 0 Å². The predicted octanol–water partition coefficient (Wildman–Crippen LogP) is 4.31. The molecular formula is C23H21ClN2O7. The number of ketones is 1. The average Bonchev–Trinajstić information content (AvgIpc) is 3.03. The standard InChI is InChI=1S/C23H21ClN2O7/c24-15-11-9-14(10-12-15)21(29)19-20(16-6-3-4-7-17(16)26(32)33)25(23(31)22(19)30)13-5-1-2-8-18(27)28/h3-4,6-7,9-12,20,29H,1-2,5,8,13H2,(H,27,28). The van der Waals surface area contributed by atoms with E-state index in [4.69, 9.17) is 16.7 Å². The Bertz CT molecular complexity index is 1130. The molecule has 0 bridgehead atoms.